The summed E-state index contributed by atoms with van der Waals surface area (Å²) in [6, 6.07) is 0. The SMILES string of the molecule is Cc1c(C(N)=O)cnn1C. The van der Waals surface area contributed by atoms with Gasteiger partial charge in [-0.2, -0.15) is 5.10 Å². The van der Waals surface area contributed by atoms with Crippen molar-refractivity contribution in [2.24, 2.45) is 12.8 Å². The number of hydrogen-bond donors (Lipinski definition) is 1. The van der Waals surface area contributed by atoms with Gasteiger partial charge in [-0.05, 0) is 6.92 Å². The molecule has 0 aliphatic rings. The van der Waals surface area contributed by atoms with E-state index in [0.717, 1.165) is 5.69 Å². The minimum atomic E-state index is -0.425. The van der Waals surface area contributed by atoms with E-state index >= 15 is 0 Å². The summed E-state index contributed by atoms with van der Waals surface area (Å²) in [6.45, 7) is 1.80. The molecule has 0 fully saturated rings. The maximum Gasteiger partial charge on any atom is 0.252 e. The van der Waals surface area contributed by atoms with E-state index in [1.807, 2.05) is 0 Å². The predicted octanol–water partition coefficient (Wildman–Crippen LogP) is -0.173. The van der Waals surface area contributed by atoms with Crippen molar-refractivity contribution in [1.29, 1.82) is 0 Å². The highest BCUT2D eigenvalue weighted by Gasteiger charge is 2.07. The molecule has 4 heteroatoms. The van der Waals surface area contributed by atoms with Crippen molar-refractivity contribution >= 4 is 5.91 Å². The lowest BCUT2D eigenvalue weighted by Crippen LogP contribution is -2.11. The van der Waals surface area contributed by atoms with Crippen LogP contribution in [-0.2, 0) is 7.05 Å². The highest BCUT2D eigenvalue weighted by atomic mass is 16.1. The summed E-state index contributed by atoms with van der Waals surface area (Å²) in [5, 5.41) is 3.85. The van der Waals surface area contributed by atoms with Crippen molar-refractivity contribution in [3.05, 3.63) is 17.5 Å². The van der Waals surface area contributed by atoms with Gasteiger partial charge in [0.05, 0.1) is 11.8 Å². The van der Waals surface area contributed by atoms with Crippen LogP contribution in [-0.4, -0.2) is 15.7 Å². The second-order valence-corrected chi connectivity index (χ2v) is 2.13. The number of rotatable bonds is 1. The monoisotopic (exact) mass is 139 g/mol. The van der Waals surface area contributed by atoms with E-state index in [9.17, 15) is 4.79 Å². The minimum absolute atomic E-state index is 0.425. The number of primary amides is 1. The predicted molar refractivity (Wildman–Crippen MR) is 36.5 cm³/mol. The summed E-state index contributed by atoms with van der Waals surface area (Å²) < 4.78 is 1.61. The van der Waals surface area contributed by atoms with Crippen molar-refractivity contribution in [3.63, 3.8) is 0 Å². The van der Waals surface area contributed by atoms with Gasteiger partial charge >= 0.3 is 0 Å². The van der Waals surface area contributed by atoms with Crippen molar-refractivity contribution < 1.29 is 4.79 Å². The van der Waals surface area contributed by atoms with Gasteiger partial charge in [0.25, 0.3) is 5.91 Å². The maximum absolute atomic E-state index is 10.6. The molecule has 54 valence electrons. The van der Waals surface area contributed by atoms with Crippen LogP contribution in [0.15, 0.2) is 6.20 Å². The van der Waals surface area contributed by atoms with Crippen molar-refractivity contribution in [1.82, 2.24) is 9.78 Å². The first-order valence-corrected chi connectivity index (χ1v) is 2.91. The van der Waals surface area contributed by atoms with Gasteiger partial charge in [0.15, 0.2) is 0 Å². The average Bonchev–Trinajstić information content (AvgIpc) is 2.14. The number of carbonyl (C=O) groups excluding carboxylic acids is 1. The first-order valence-electron chi connectivity index (χ1n) is 2.91. The summed E-state index contributed by atoms with van der Waals surface area (Å²) >= 11 is 0. The molecule has 10 heavy (non-hydrogen) atoms. The lowest BCUT2D eigenvalue weighted by molar-refractivity contribution is 0.0999. The molecule has 0 saturated heterocycles. The first kappa shape index (κ1) is 6.80. The van der Waals surface area contributed by atoms with E-state index in [1.165, 1.54) is 6.20 Å². The zero-order valence-electron chi connectivity index (χ0n) is 5.96. The first-order chi connectivity index (χ1) is 4.63. The van der Waals surface area contributed by atoms with E-state index in [4.69, 9.17) is 5.73 Å². The third-order valence-corrected chi connectivity index (χ3v) is 1.50. The van der Waals surface area contributed by atoms with Crippen LogP contribution >= 0.6 is 0 Å². The van der Waals surface area contributed by atoms with Gasteiger partial charge < -0.3 is 5.73 Å². The number of nitrogens with two attached hydrogens (primary N) is 1. The minimum Gasteiger partial charge on any atom is -0.365 e. The van der Waals surface area contributed by atoms with E-state index in [-0.39, 0.29) is 0 Å². The normalized spacial score (nSPS) is 9.80. The van der Waals surface area contributed by atoms with E-state index < -0.39 is 5.91 Å². The van der Waals surface area contributed by atoms with Crippen molar-refractivity contribution in [2.45, 2.75) is 6.92 Å². The highest BCUT2D eigenvalue weighted by molar-refractivity contribution is 5.93. The quantitative estimate of drug-likeness (QED) is 0.587. The number of aryl methyl sites for hydroxylation is 1. The fourth-order valence-corrected chi connectivity index (χ4v) is 0.741. The number of nitrogens with zero attached hydrogens (tertiary/aromatic N) is 2. The number of amides is 1. The summed E-state index contributed by atoms with van der Waals surface area (Å²) in [7, 11) is 1.77. The largest absolute Gasteiger partial charge is 0.365 e. The van der Waals surface area contributed by atoms with E-state index in [1.54, 1.807) is 18.7 Å². The lowest BCUT2D eigenvalue weighted by atomic mass is 10.2. The molecule has 0 saturated carbocycles. The zero-order valence-corrected chi connectivity index (χ0v) is 5.96. The van der Waals surface area contributed by atoms with Crippen molar-refractivity contribution in [3.8, 4) is 0 Å². The Bertz CT molecular complexity index is 264. The standard InChI is InChI=1S/C6H9N3O/c1-4-5(6(7)10)3-8-9(4)2/h3H,1-2H3,(H2,7,10). The van der Waals surface area contributed by atoms with Crippen LogP contribution in [0.2, 0.25) is 0 Å². The third kappa shape index (κ3) is 0.877. The molecular weight excluding hydrogens is 130 g/mol. The Morgan fingerprint density at radius 1 is 1.80 bits per heavy atom. The fraction of sp³-hybridized carbons (Fsp3) is 0.333. The number of hydrogen-bond acceptors (Lipinski definition) is 2. The molecule has 1 amide bonds. The van der Waals surface area contributed by atoms with Crippen LogP contribution < -0.4 is 5.73 Å². The van der Waals surface area contributed by atoms with Crippen LogP contribution in [0.4, 0.5) is 0 Å². The molecule has 0 spiro atoms. The van der Waals surface area contributed by atoms with Gasteiger partial charge in [-0.25, -0.2) is 0 Å². The zero-order chi connectivity index (χ0) is 7.72. The maximum atomic E-state index is 10.6. The van der Waals surface area contributed by atoms with E-state index in [0.29, 0.717) is 5.56 Å². The molecule has 1 heterocycles. The van der Waals surface area contributed by atoms with E-state index in [2.05, 4.69) is 5.10 Å². The molecule has 1 aromatic heterocycles. The third-order valence-electron chi connectivity index (χ3n) is 1.50. The second-order valence-electron chi connectivity index (χ2n) is 2.13. The lowest BCUT2D eigenvalue weighted by Gasteiger charge is -1.93. The smallest absolute Gasteiger partial charge is 0.252 e. The molecule has 2 N–H and O–H groups in total. The van der Waals surface area contributed by atoms with Crippen LogP contribution in [0, 0.1) is 6.92 Å². The molecule has 0 aliphatic carbocycles. The summed E-state index contributed by atoms with van der Waals surface area (Å²) in [5.41, 5.74) is 6.32. The Labute approximate surface area is 58.6 Å². The molecule has 4 nitrogen and oxygen atoms in total. The van der Waals surface area contributed by atoms with Crippen LogP contribution in [0.25, 0.3) is 0 Å². The molecule has 0 aromatic carbocycles. The molecular formula is C6H9N3O. The van der Waals surface area contributed by atoms with Gasteiger partial charge in [0.2, 0.25) is 0 Å². The molecule has 0 atom stereocenters. The Balaban J connectivity index is 3.17. The Kier molecular flexibility index (Phi) is 1.45. The molecule has 1 rings (SSSR count). The van der Waals surface area contributed by atoms with Crippen LogP contribution in [0.5, 0.6) is 0 Å². The fourth-order valence-electron chi connectivity index (χ4n) is 0.741. The molecule has 0 bridgehead atoms. The molecule has 0 unspecified atom stereocenters. The second kappa shape index (κ2) is 2.13. The highest BCUT2D eigenvalue weighted by Crippen LogP contribution is 2.02. The number of carbonyl (C=O) groups is 1. The van der Waals surface area contributed by atoms with Gasteiger partial charge in [-0.15, -0.1) is 0 Å². The van der Waals surface area contributed by atoms with Gasteiger partial charge in [0.1, 0.15) is 0 Å². The average molecular weight is 139 g/mol. The summed E-state index contributed by atoms with van der Waals surface area (Å²) in [6.07, 6.45) is 1.47. The summed E-state index contributed by atoms with van der Waals surface area (Å²) in [5.74, 6) is -0.425. The van der Waals surface area contributed by atoms with Crippen LogP contribution in [0.3, 0.4) is 0 Å². The topological polar surface area (TPSA) is 60.9 Å². The number of aromatic nitrogens is 2. The molecule has 0 radical (unpaired) electrons. The molecule has 0 aliphatic heterocycles. The van der Waals surface area contributed by atoms with Gasteiger partial charge in [-0.1, -0.05) is 0 Å². The van der Waals surface area contributed by atoms with Gasteiger partial charge in [0, 0.05) is 12.7 Å². The summed E-state index contributed by atoms with van der Waals surface area (Å²) in [4.78, 5) is 10.6. The molecule has 1 aromatic rings. The Morgan fingerprint density at radius 3 is 2.60 bits per heavy atom. The van der Waals surface area contributed by atoms with Crippen LogP contribution in [0.1, 0.15) is 16.1 Å². The Hall–Kier alpha value is -1.32. The van der Waals surface area contributed by atoms with Crippen molar-refractivity contribution in [2.75, 3.05) is 0 Å². The van der Waals surface area contributed by atoms with Gasteiger partial charge in [-0.3, -0.25) is 9.48 Å². The Morgan fingerprint density at radius 2 is 2.40 bits per heavy atom.